The summed E-state index contributed by atoms with van der Waals surface area (Å²) in [5, 5.41) is 0.825. The van der Waals surface area contributed by atoms with Crippen molar-refractivity contribution >= 4 is 38.6 Å². The van der Waals surface area contributed by atoms with Crippen molar-refractivity contribution in [2.45, 2.75) is 11.2 Å². The second-order valence-electron chi connectivity index (χ2n) is 2.68. The molecule has 1 aromatic heterocycles. The van der Waals surface area contributed by atoms with Gasteiger partial charge in [0.25, 0.3) is 0 Å². The summed E-state index contributed by atoms with van der Waals surface area (Å²) in [5.41, 5.74) is 2.84. The molecule has 4 heteroatoms. The minimum Gasteiger partial charge on any atom is -0.439 e. The Balaban J connectivity index is 2.57. The van der Waals surface area contributed by atoms with Gasteiger partial charge in [-0.3, -0.25) is 0 Å². The Labute approximate surface area is 89.0 Å². The van der Waals surface area contributed by atoms with E-state index in [1.807, 2.05) is 18.2 Å². The van der Waals surface area contributed by atoms with Crippen LogP contribution in [0.3, 0.4) is 0 Å². The summed E-state index contributed by atoms with van der Waals surface area (Å²) in [6.45, 7) is 0. The number of fused-ring (bicyclic) bond motifs is 1. The number of rotatable bonds is 2. The average molecular weight is 261 g/mol. The highest BCUT2D eigenvalue weighted by atomic mass is 79.9. The molecule has 1 heterocycles. The Hall–Kier alpha value is -0.540. The monoisotopic (exact) mass is 259 g/mol. The Morgan fingerprint density at radius 2 is 2.31 bits per heavy atom. The number of hydrogen-bond donors (Lipinski definition) is 0. The van der Waals surface area contributed by atoms with Crippen molar-refractivity contribution in [3.05, 3.63) is 29.7 Å². The van der Waals surface area contributed by atoms with Gasteiger partial charge >= 0.3 is 0 Å². The highest BCUT2D eigenvalue weighted by molar-refractivity contribution is 9.08. The highest BCUT2D eigenvalue weighted by Crippen LogP contribution is 2.19. The molecule has 1 aromatic carbocycles. The van der Waals surface area contributed by atoms with E-state index in [4.69, 9.17) is 16.0 Å². The van der Waals surface area contributed by atoms with E-state index in [0.717, 1.165) is 16.4 Å². The second kappa shape index (κ2) is 3.68. The fraction of sp³-hybridized carbons (Fsp3) is 0.222. The number of oxazole rings is 1. The molecule has 0 fully saturated rings. The van der Waals surface area contributed by atoms with Crippen molar-refractivity contribution in [3.63, 3.8) is 0 Å². The van der Waals surface area contributed by atoms with Gasteiger partial charge in [-0.25, -0.2) is 4.98 Å². The lowest BCUT2D eigenvalue weighted by Crippen LogP contribution is -1.76. The number of benzene rings is 1. The molecule has 2 aromatic rings. The topological polar surface area (TPSA) is 26.0 Å². The van der Waals surface area contributed by atoms with E-state index in [0.29, 0.717) is 11.8 Å². The zero-order valence-electron chi connectivity index (χ0n) is 6.76. The van der Waals surface area contributed by atoms with Gasteiger partial charge in [-0.1, -0.05) is 22.0 Å². The van der Waals surface area contributed by atoms with Crippen LogP contribution in [0.1, 0.15) is 11.5 Å². The highest BCUT2D eigenvalue weighted by Gasteiger charge is 2.04. The first-order valence-electron chi connectivity index (χ1n) is 3.84. The molecule has 0 bridgehead atoms. The third kappa shape index (κ3) is 1.71. The molecule has 0 aliphatic carbocycles. The number of alkyl halides is 2. The molecule has 2 nitrogen and oxygen atoms in total. The molecule has 0 saturated carbocycles. The third-order valence-electron chi connectivity index (χ3n) is 1.76. The average Bonchev–Trinajstić information content (AvgIpc) is 2.58. The van der Waals surface area contributed by atoms with Gasteiger partial charge in [0.15, 0.2) is 5.58 Å². The van der Waals surface area contributed by atoms with Gasteiger partial charge in [-0.15, -0.1) is 11.6 Å². The maximum absolute atomic E-state index is 5.61. The predicted octanol–water partition coefficient (Wildman–Crippen LogP) is 3.46. The fourth-order valence-electron chi connectivity index (χ4n) is 1.16. The van der Waals surface area contributed by atoms with Gasteiger partial charge in [0.1, 0.15) is 5.52 Å². The van der Waals surface area contributed by atoms with E-state index in [9.17, 15) is 0 Å². The number of hydrogen-bond acceptors (Lipinski definition) is 2. The van der Waals surface area contributed by atoms with Gasteiger partial charge < -0.3 is 4.42 Å². The van der Waals surface area contributed by atoms with Gasteiger partial charge in [0.2, 0.25) is 5.89 Å². The Kier molecular flexibility index (Phi) is 2.56. The summed E-state index contributed by atoms with van der Waals surface area (Å²) in [4.78, 5) is 4.22. The zero-order chi connectivity index (χ0) is 9.26. The van der Waals surface area contributed by atoms with E-state index >= 15 is 0 Å². The van der Waals surface area contributed by atoms with Gasteiger partial charge in [0.05, 0.1) is 5.88 Å². The maximum Gasteiger partial charge on any atom is 0.210 e. The van der Waals surface area contributed by atoms with Crippen LogP contribution in [-0.4, -0.2) is 4.98 Å². The summed E-state index contributed by atoms with van der Waals surface area (Å²) in [6.07, 6.45) is 0. The van der Waals surface area contributed by atoms with Crippen molar-refractivity contribution in [1.29, 1.82) is 0 Å². The summed E-state index contributed by atoms with van der Waals surface area (Å²) in [6, 6.07) is 5.90. The van der Waals surface area contributed by atoms with Crippen LogP contribution in [-0.2, 0) is 11.2 Å². The SMILES string of the molecule is ClCc1nc2cc(CBr)ccc2o1. The lowest BCUT2D eigenvalue weighted by Gasteiger charge is -1.91. The Morgan fingerprint density at radius 1 is 1.46 bits per heavy atom. The van der Waals surface area contributed by atoms with Crippen LogP contribution in [0.25, 0.3) is 11.1 Å². The first kappa shape index (κ1) is 9.03. The van der Waals surface area contributed by atoms with Crippen LogP contribution in [0.15, 0.2) is 22.6 Å². The van der Waals surface area contributed by atoms with Crippen molar-refractivity contribution in [2.24, 2.45) is 0 Å². The molecule has 2 rings (SSSR count). The standard InChI is InChI=1S/C9H7BrClNO/c10-4-6-1-2-8-7(3-6)12-9(5-11)13-8/h1-3H,4-5H2. The minimum absolute atomic E-state index is 0.318. The molecule has 68 valence electrons. The van der Waals surface area contributed by atoms with E-state index in [-0.39, 0.29) is 0 Å². The summed E-state index contributed by atoms with van der Waals surface area (Å²) < 4.78 is 5.36. The molecular formula is C9H7BrClNO. The van der Waals surface area contributed by atoms with Crippen molar-refractivity contribution in [3.8, 4) is 0 Å². The summed E-state index contributed by atoms with van der Waals surface area (Å²) in [7, 11) is 0. The predicted molar refractivity (Wildman–Crippen MR) is 56.2 cm³/mol. The Bertz CT molecular complexity index is 424. The molecule has 0 aliphatic heterocycles. The van der Waals surface area contributed by atoms with Crippen LogP contribution in [0.5, 0.6) is 0 Å². The molecule has 0 N–H and O–H groups in total. The lowest BCUT2D eigenvalue weighted by atomic mass is 10.2. The summed E-state index contributed by atoms with van der Waals surface area (Å²) >= 11 is 8.99. The smallest absolute Gasteiger partial charge is 0.210 e. The van der Waals surface area contributed by atoms with Crippen LogP contribution < -0.4 is 0 Å². The van der Waals surface area contributed by atoms with E-state index < -0.39 is 0 Å². The molecule has 0 saturated heterocycles. The first-order chi connectivity index (χ1) is 6.33. The van der Waals surface area contributed by atoms with E-state index in [2.05, 4.69) is 20.9 Å². The Morgan fingerprint density at radius 3 is 3.00 bits per heavy atom. The molecule has 0 radical (unpaired) electrons. The normalized spacial score (nSPS) is 10.9. The van der Waals surface area contributed by atoms with Crippen LogP contribution in [0.4, 0.5) is 0 Å². The molecule has 13 heavy (non-hydrogen) atoms. The molecule has 0 unspecified atom stereocenters. The molecule has 0 spiro atoms. The first-order valence-corrected chi connectivity index (χ1v) is 5.49. The minimum atomic E-state index is 0.318. The van der Waals surface area contributed by atoms with Gasteiger partial charge in [-0.05, 0) is 17.7 Å². The quantitative estimate of drug-likeness (QED) is 0.773. The van der Waals surface area contributed by atoms with Crippen LogP contribution in [0.2, 0.25) is 0 Å². The fourth-order valence-corrected chi connectivity index (χ4v) is 1.62. The maximum atomic E-state index is 5.61. The van der Waals surface area contributed by atoms with Gasteiger partial charge in [-0.2, -0.15) is 0 Å². The summed E-state index contributed by atoms with van der Waals surface area (Å²) in [5.74, 6) is 0.890. The van der Waals surface area contributed by atoms with Crippen molar-refractivity contribution in [2.75, 3.05) is 0 Å². The van der Waals surface area contributed by atoms with Crippen molar-refractivity contribution < 1.29 is 4.42 Å². The van der Waals surface area contributed by atoms with Crippen molar-refractivity contribution in [1.82, 2.24) is 4.98 Å². The second-order valence-corrected chi connectivity index (χ2v) is 3.50. The van der Waals surface area contributed by atoms with E-state index in [1.54, 1.807) is 0 Å². The largest absolute Gasteiger partial charge is 0.439 e. The van der Waals surface area contributed by atoms with E-state index in [1.165, 1.54) is 5.56 Å². The molecular weight excluding hydrogens is 253 g/mol. The number of aromatic nitrogens is 1. The molecule has 0 atom stereocenters. The number of nitrogens with zero attached hydrogens (tertiary/aromatic N) is 1. The zero-order valence-corrected chi connectivity index (χ0v) is 9.10. The van der Waals surface area contributed by atoms with Crippen LogP contribution in [0, 0.1) is 0 Å². The number of halogens is 2. The third-order valence-corrected chi connectivity index (χ3v) is 2.64. The molecule has 0 amide bonds. The lowest BCUT2D eigenvalue weighted by molar-refractivity contribution is 0.555. The van der Waals surface area contributed by atoms with Crippen LogP contribution >= 0.6 is 27.5 Å². The molecule has 0 aliphatic rings. The van der Waals surface area contributed by atoms with Gasteiger partial charge in [0, 0.05) is 5.33 Å².